The number of rotatable bonds is 20. The van der Waals surface area contributed by atoms with Crippen LogP contribution in [0.25, 0.3) is 0 Å². The molecule has 2 N–H and O–H groups in total. The standard InChI is InChI=1S/C22H46O4S/c1-3-5-7-8-9-10-11-12-13-14-16-18-22(27(24,25)26)20-19-21(23)17-15-6-4-2/h21-23H,3-20H2,1-2H3,(H,24,25,26). The summed E-state index contributed by atoms with van der Waals surface area (Å²) in [7, 11) is -4.01. The average molecular weight is 407 g/mol. The highest BCUT2D eigenvalue weighted by Crippen LogP contribution is 2.20. The van der Waals surface area contributed by atoms with Crippen molar-refractivity contribution in [1.82, 2.24) is 0 Å². The number of aliphatic hydroxyl groups excluding tert-OH is 1. The van der Waals surface area contributed by atoms with Crippen LogP contribution in [0.4, 0.5) is 0 Å². The predicted molar refractivity (Wildman–Crippen MR) is 116 cm³/mol. The Morgan fingerprint density at radius 2 is 1.00 bits per heavy atom. The van der Waals surface area contributed by atoms with E-state index in [1.807, 2.05) is 0 Å². The maximum absolute atomic E-state index is 11.6. The van der Waals surface area contributed by atoms with Gasteiger partial charge >= 0.3 is 0 Å². The Labute approximate surface area is 169 Å². The van der Waals surface area contributed by atoms with E-state index in [4.69, 9.17) is 0 Å². The zero-order valence-electron chi connectivity index (χ0n) is 18.0. The van der Waals surface area contributed by atoms with E-state index in [9.17, 15) is 18.1 Å². The van der Waals surface area contributed by atoms with Crippen molar-refractivity contribution in [2.75, 3.05) is 0 Å². The largest absolute Gasteiger partial charge is 0.393 e. The summed E-state index contributed by atoms with van der Waals surface area (Å²) in [6, 6.07) is 0. The maximum atomic E-state index is 11.6. The van der Waals surface area contributed by atoms with Crippen LogP contribution in [0.3, 0.4) is 0 Å². The lowest BCUT2D eigenvalue weighted by atomic mass is 10.0. The van der Waals surface area contributed by atoms with Crippen molar-refractivity contribution in [2.45, 2.75) is 141 Å². The molecule has 2 unspecified atom stereocenters. The van der Waals surface area contributed by atoms with Gasteiger partial charge in [-0.2, -0.15) is 8.42 Å². The van der Waals surface area contributed by atoms with Gasteiger partial charge in [-0.3, -0.25) is 4.55 Å². The molecule has 0 saturated heterocycles. The molecule has 0 bridgehead atoms. The fourth-order valence-corrected chi connectivity index (χ4v) is 4.53. The molecule has 0 amide bonds. The van der Waals surface area contributed by atoms with Gasteiger partial charge in [0.15, 0.2) is 0 Å². The number of hydrogen-bond acceptors (Lipinski definition) is 3. The fourth-order valence-electron chi connectivity index (χ4n) is 3.63. The van der Waals surface area contributed by atoms with E-state index in [0.717, 1.165) is 44.9 Å². The second-order valence-corrected chi connectivity index (χ2v) is 9.88. The van der Waals surface area contributed by atoms with Gasteiger partial charge in [-0.05, 0) is 25.7 Å². The van der Waals surface area contributed by atoms with Gasteiger partial charge in [-0.1, -0.05) is 104 Å². The van der Waals surface area contributed by atoms with Crippen molar-refractivity contribution in [3.05, 3.63) is 0 Å². The van der Waals surface area contributed by atoms with Crippen LogP contribution in [0.1, 0.15) is 129 Å². The summed E-state index contributed by atoms with van der Waals surface area (Å²) in [6.07, 6.45) is 18.3. The summed E-state index contributed by atoms with van der Waals surface area (Å²) in [5.74, 6) is 0. The van der Waals surface area contributed by atoms with E-state index in [1.54, 1.807) is 0 Å². The Kier molecular flexibility index (Phi) is 17.8. The lowest BCUT2D eigenvalue weighted by Gasteiger charge is -2.16. The zero-order valence-corrected chi connectivity index (χ0v) is 18.8. The Morgan fingerprint density at radius 3 is 1.48 bits per heavy atom. The summed E-state index contributed by atoms with van der Waals surface area (Å²) >= 11 is 0. The molecule has 27 heavy (non-hydrogen) atoms. The van der Waals surface area contributed by atoms with Crippen LogP contribution in [0.2, 0.25) is 0 Å². The summed E-state index contributed by atoms with van der Waals surface area (Å²) in [5.41, 5.74) is 0. The van der Waals surface area contributed by atoms with Crippen LogP contribution in [0.15, 0.2) is 0 Å². The van der Waals surface area contributed by atoms with Crippen LogP contribution in [0.5, 0.6) is 0 Å². The number of unbranched alkanes of at least 4 members (excludes halogenated alkanes) is 12. The minimum atomic E-state index is -4.01. The number of hydrogen-bond donors (Lipinski definition) is 2. The van der Waals surface area contributed by atoms with Crippen LogP contribution < -0.4 is 0 Å². The molecule has 164 valence electrons. The molecule has 0 aliphatic heterocycles. The molecule has 0 aromatic carbocycles. The number of aliphatic hydroxyl groups is 1. The van der Waals surface area contributed by atoms with E-state index in [1.165, 1.54) is 51.4 Å². The van der Waals surface area contributed by atoms with Crippen molar-refractivity contribution < 1.29 is 18.1 Å². The third-order valence-corrected chi connectivity index (χ3v) is 6.83. The molecule has 0 rings (SSSR count). The second kappa shape index (κ2) is 17.9. The third kappa shape index (κ3) is 17.7. The first-order chi connectivity index (χ1) is 12.9. The normalized spacial score (nSPS) is 14.4. The van der Waals surface area contributed by atoms with Crippen LogP contribution in [-0.4, -0.2) is 29.4 Å². The summed E-state index contributed by atoms with van der Waals surface area (Å²) < 4.78 is 32.6. The first-order valence-corrected chi connectivity index (χ1v) is 13.1. The molecule has 0 aromatic rings. The van der Waals surface area contributed by atoms with Gasteiger partial charge in [0.2, 0.25) is 0 Å². The van der Waals surface area contributed by atoms with Crippen molar-refractivity contribution in [3.63, 3.8) is 0 Å². The van der Waals surface area contributed by atoms with Gasteiger partial charge in [0.25, 0.3) is 10.1 Å². The van der Waals surface area contributed by atoms with Crippen molar-refractivity contribution in [3.8, 4) is 0 Å². The summed E-state index contributed by atoms with van der Waals surface area (Å²) in [6.45, 7) is 4.36. The SMILES string of the molecule is CCCCCCCCCCCCCC(CCC(O)CCCCC)S(=O)(=O)O. The van der Waals surface area contributed by atoms with Gasteiger partial charge < -0.3 is 5.11 Å². The van der Waals surface area contributed by atoms with Gasteiger partial charge in [-0.25, -0.2) is 0 Å². The predicted octanol–water partition coefficient (Wildman–Crippen LogP) is 6.67. The summed E-state index contributed by atoms with van der Waals surface area (Å²) in [4.78, 5) is 0. The molecule has 0 aliphatic carbocycles. The molecule has 0 fully saturated rings. The van der Waals surface area contributed by atoms with E-state index in [2.05, 4.69) is 13.8 Å². The Balaban J connectivity index is 3.78. The van der Waals surface area contributed by atoms with E-state index >= 15 is 0 Å². The lowest BCUT2D eigenvalue weighted by molar-refractivity contribution is 0.147. The van der Waals surface area contributed by atoms with Crippen LogP contribution in [0, 0.1) is 0 Å². The second-order valence-electron chi connectivity index (χ2n) is 8.19. The molecular formula is C22H46O4S. The first kappa shape index (κ1) is 26.9. The summed E-state index contributed by atoms with van der Waals surface area (Å²) in [5, 5.41) is 9.26. The molecule has 0 saturated carbocycles. The molecule has 0 spiro atoms. The molecule has 5 heteroatoms. The van der Waals surface area contributed by atoms with Crippen molar-refractivity contribution in [1.29, 1.82) is 0 Å². The molecule has 0 aromatic heterocycles. The topological polar surface area (TPSA) is 74.6 Å². The Morgan fingerprint density at radius 1 is 0.593 bits per heavy atom. The maximum Gasteiger partial charge on any atom is 0.267 e. The highest BCUT2D eigenvalue weighted by atomic mass is 32.2. The smallest absolute Gasteiger partial charge is 0.267 e. The van der Waals surface area contributed by atoms with Crippen molar-refractivity contribution in [2.24, 2.45) is 0 Å². The average Bonchev–Trinajstić information content (AvgIpc) is 2.61. The molecule has 2 atom stereocenters. The van der Waals surface area contributed by atoms with Gasteiger partial charge in [0.05, 0.1) is 11.4 Å². The molecule has 0 radical (unpaired) electrons. The molecule has 0 heterocycles. The van der Waals surface area contributed by atoms with E-state index < -0.39 is 21.5 Å². The van der Waals surface area contributed by atoms with Crippen LogP contribution in [-0.2, 0) is 10.1 Å². The molecule has 4 nitrogen and oxygen atoms in total. The molecular weight excluding hydrogens is 360 g/mol. The first-order valence-electron chi connectivity index (χ1n) is 11.6. The van der Waals surface area contributed by atoms with Gasteiger partial charge in [0, 0.05) is 0 Å². The van der Waals surface area contributed by atoms with Crippen LogP contribution >= 0.6 is 0 Å². The highest BCUT2D eigenvalue weighted by Gasteiger charge is 2.23. The van der Waals surface area contributed by atoms with Crippen molar-refractivity contribution >= 4 is 10.1 Å². The zero-order chi connectivity index (χ0) is 20.4. The lowest BCUT2D eigenvalue weighted by Crippen LogP contribution is -2.22. The monoisotopic (exact) mass is 406 g/mol. The Hall–Kier alpha value is -0.130. The van der Waals surface area contributed by atoms with E-state index in [0.29, 0.717) is 19.3 Å². The minimum absolute atomic E-state index is 0.365. The van der Waals surface area contributed by atoms with E-state index in [-0.39, 0.29) is 0 Å². The fraction of sp³-hybridized carbons (Fsp3) is 1.00. The highest BCUT2D eigenvalue weighted by molar-refractivity contribution is 7.86. The van der Waals surface area contributed by atoms with Gasteiger partial charge in [-0.15, -0.1) is 0 Å². The Bertz CT molecular complexity index is 409. The minimum Gasteiger partial charge on any atom is -0.393 e. The third-order valence-electron chi connectivity index (χ3n) is 5.51. The molecule has 0 aliphatic rings. The quantitative estimate of drug-likeness (QED) is 0.175. The van der Waals surface area contributed by atoms with Gasteiger partial charge in [0.1, 0.15) is 0 Å².